The van der Waals surface area contributed by atoms with E-state index >= 15 is 0 Å². The van der Waals surface area contributed by atoms with Crippen molar-refractivity contribution < 1.29 is 9.84 Å². The fraction of sp³-hybridized carbons (Fsp3) is 0.625. The maximum Gasteiger partial charge on any atom is 0.120 e. The monoisotopic (exact) mass is 244 g/mol. The molecule has 0 amide bonds. The molecule has 0 heterocycles. The normalized spacial score (nSPS) is 35.1. The first-order valence-electron chi connectivity index (χ1n) is 7.27. The first-order chi connectivity index (χ1) is 8.83. The van der Waals surface area contributed by atoms with E-state index in [2.05, 4.69) is 0 Å². The summed E-state index contributed by atoms with van der Waals surface area (Å²) in [6, 6.07) is 8.09. The van der Waals surface area contributed by atoms with Gasteiger partial charge in [-0.15, -0.1) is 0 Å². The van der Waals surface area contributed by atoms with Crippen LogP contribution in [0.2, 0.25) is 0 Å². The van der Waals surface area contributed by atoms with Gasteiger partial charge in [0.2, 0.25) is 0 Å². The van der Waals surface area contributed by atoms with Crippen molar-refractivity contribution in [2.24, 2.45) is 17.8 Å². The lowest BCUT2D eigenvalue weighted by atomic mass is 9.99. The molecular formula is C16H20O2. The second kappa shape index (κ2) is 3.99. The molecule has 1 N–H and O–H groups in total. The van der Waals surface area contributed by atoms with E-state index in [1.807, 2.05) is 24.3 Å². The third kappa shape index (κ3) is 1.83. The Bertz CT molecular complexity index is 442. The Morgan fingerprint density at radius 1 is 1.11 bits per heavy atom. The quantitative estimate of drug-likeness (QED) is 0.880. The summed E-state index contributed by atoms with van der Waals surface area (Å²) in [6.07, 6.45) is 6.53. The van der Waals surface area contributed by atoms with E-state index in [0.29, 0.717) is 12.0 Å². The lowest BCUT2D eigenvalue weighted by Gasteiger charge is -2.14. The largest absolute Gasteiger partial charge is 0.490 e. The van der Waals surface area contributed by atoms with Crippen molar-refractivity contribution in [3.8, 4) is 5.75 Å². The topological polar surface area (TPSA) is 29.5 Å². The highest BCUT2D eigenvalue weighted by molar-refractivity contribution is 5.32. The molecule has 0 spiro atoms. The van der Waals surface area contributed by atoms with Crippen LogP contribution in [0.5, 0.6) is 5.75 Å². The zero-order valence-corrected chi connectivity index (χ0v) is 10.6. The molecule has 1 aromatic rings. The standard InChI is InChI=1S/C16H20O2/c17-16(15-13-5-2-6-14(13)15)10-3-1-4-12(9-10)18-11-7-8-11/h1,3-4,9,11,13-17H,2,5-8H2. The Morgan fingerprint density at radius 3 is 2.61 bits per heavy atom. The average Bonchev–Trinajstić information content (AvgIpc) is 3.29. The zero-order chi connectivity index (χ0) is 12.1. The Hall–Kier alpha value is -1.02. The summed E-state index contributed by atoms with van der Waals surface area (Å²) in [5.74, 6) is 3.05. The Labute approximate surface area is 108 Å². The second-order valence-corrected chi connectivity index (χ2v) is 6.17. The molecular weight excluding hydrogens is 224 g/mol. The summed E-state index contributed by atoms with van der Waals surface area (Å²) in [7, 11) is 0. The third-order valence-corrected chi connectivity index (χ3v) is 4.86. The lowest BCUT2D eigenvalue weighted by Crippen LogP contribution is -2.05. The van der Waals surface area contributed by atoms with Crippen LogP contribution in [0.4, 0.5) is 0 Å². The van der Waals surface area contributed by atoms with Gasteiger partial charge in [-0.05, 0) is 61.1 Å². The van der Waals surface area contributed by atoms with Crippen LogP contribution in [-0.2, 0) is 0 Å². The van der Waals surface area contributed by atoms with E-state index in [9.17, 15) is 5.11 Å². The van der Waals surface area contributed by atoms with Gasteiger partial charge in [0.15, 0.2) is 0 Å². The molecule has 1 aromatic carbocycles. The van der Waals surface area contributed by atoms with Crippen molar-refractivity contribution in [2.75, 3.05) is 0 Å². The van der Waals surface area contributed by atoms with Gasteiger partial charge in [0, 0.05) is 0 Å². The molecule has 0 bridgehead atoms. The van der Waals surface area contributed by atoms with Crippen molar-refractivity contribution in [1.82, 2.24) is 0 Å². The molecule has 0 saturated heterocycles. The van der Waals surface area contributed by atoms with Crippen LogP contribution in [0.15, 0.2) is 24.3 Å². The van der Waals surface area contributed by atoms with Crippen LogP contribution in [0.3, 0.4) is 0 Å². The molecule has 0 aliphatic heterocycles. The van der Waals surface area contributed by atoms with Crippen molar-refractivity contribution >= 4 is 0 Å². The van der Waals surface area contributed by atoms with Gasteiger partial charge in [-0.25, -0.2) is 0 Å². The maximum absolute atomic E-state index is 10.5. The van der Waals surface area contributed by atoms with Crippen LogP contribution in [-0.4, -0.2) is 11.2 Å². The van der Waals surface area contributed by atoms with E-state index in [1.54, 1.807) is 0 Å². The number of hydrogen-bond acceptors (Lipinski definition) is 2. The van der Waals surface area contributed by atoms with Crippen molar-refractivity contribution in [3.05, 3.63) is 29.8 Å². The molecule has 3 aliphatic rings. The predicted octanol–water partition coefficient (Wildman–Crippen LogP) is 3.31. The molecule has 4 rings (SSSR count). The summed E-state index contributed by atoms with van der Waals surface area (Å²) in [6.45, 7) is 0. The first kappa shape index (κ1) is 10.9. The number of aliphatic hydroxyl groups is 1. The van der Waals surface area contributed by atoms with Gasteiger partial charge < -0.3 is 9.84 Å². The van der Waals surface area contributed by atoms with Crippen LogP contribution in [0.25, 0.3) is 0 Å². The number of rotatable bonds is 4. The van der Waals surface area contributed by atoms with E-state index in [0.717, 1.165) is 23.1 Å². The summed E-state index contributed by atoms with van der Waals surface area (Å²) in [5, 5.41) is 10.5. The molecule has 2 nitrogen and oxygen atoms in total. The van der Waals surface area contributed by atoms with Crippen molar-refractivity contribution in [2.45, 2.75) is 44.3 Å². The van der Waals surface area contributed by atoms with Crippen LogP contribution >= 0.6 is 0 Å². The van der Waals surface area contributed by atoms with Gasteiger partial charge >= 0.3 is 0 Å². The van der Waals surface area contributed by atoms with Crippen LogP contribution in [0.1, 0.15) is 43.8 Å². The number of benzene rings is 1. The highest BCUT2D eigenvalue weighted by atomic mass is 16.5. The first-order valence-corrected chi connectivity index (χ1v) is 7.27. The van der Waals surface area contributed by atoms with E-state index < -0.39 is 0 Å². The smallest absolute Gasteiger partial charge is 0.120 e. The fourth-order valence-corrected chi connectivity index (χ4v) is 3.72. The Balaban J connectivity index is 1.49. The minimum absolute atomic E-state index is 0.275. The minimum Gasteiger partial charge on any atom is -0.490 e. The van der Waals surface area contributed by atoms with E-state index in [4.69, 9.17) is 4.74 Å². The number of fused-ring (bicyclic) bond motifs is 1. The summed E-state index contributed by atoms with van der Waals surface area (Å²) in [4.78, 5) is 0. The highest BCUT2D eigenvalue weighted by Crippen LogP contribution is 2.62. The highest BCUT2D eigenvalue weighted by Gasteiger charge is 2.55. The molecule has 0 radical (unpaired) electrons. The minimum atomic E-state index is -0.275. The SMILES string of the molecule is OC(c1cccc(OC2CC2)c1)C1C2CCCC21. The molecule has 3 fully saturated rings. The van der Waals surface area contributed by atoms with Gasteiger partial charge in [-0.1, -0.05) is 18.6 Å². The van der Waals surface area contributed by atoms with E-state index in [1.165, 1.54) is 32.1 Å². The molecule has 3 saturated carbocycles. The molecule has 3 aliphatic carbocycles. The summed E-state index contributed by atoms with van der Waals surface area (Å²) >= 11 is 0. The Morgan fingerprint density at radius 2 is 1.89 bits per heavy atom. The third-order valence-electron chi connectivity index (χ3n) is 4.86. The zero-order valence-electron chi connectivity index (χ0n) is 10.6. The number of hydrogen-bond donors (Lipinski definition) is 1. The van der Waals surface area contributed by atoms with Crippen molar-refractivity contribution in [1.29, 1.82) is 0 Å². The second-order valence-electron chi connectivity index (χ2n) is 6.17. The number of aliphatic hydroxyl groups excluding tert-OH is 1. The molecule has 3 unspecified atom stereocenters. The lowest BCUT2D eigenvalue weighted by molar-refractivity contribution is 0.136. The van der Waals surface area contributed by atoms with E-state index in [-0.39, 0.29) is 6.10 Å². The van der Waals surface area contributed by atoms with Gasteiger partial charge in [0.05, 0.1) is 12.2 Å². The molecule has 96 valence electrons. The fourth-order valence-electron chi connectivity index (χ4n) is 3.72. The molecule has 3 atom stereocenters. The maximum atomic E-state index is 10.5. The summed E-state index contributed by atoms with van der Waals surface area (Å²) < 4.78 is 5.80. The van der Waals surface area contributed by atoms with Gasteiger partial charge in [-0.3, -0.25) is 0 Å². The van der Waals surface area contributed by atoms with Crippen LogP contribution in [0, 0.1) is 17.8 Å². The molecule has 0 aromatic heterocycles. The van der Waals surface area contributed by atoms with Crippen LogP contribution < -0.4 is 4.74 Å². The molecule has 18 heavy (non-hydrogen) atoms. The molecule has 2 heteroatoms. The number of ether oxygens (including phenoxy) is 1. The average molecular weight is 244 g/mol. The Kier molecular flexibility index (Phi) is 2.41. The van der Waals surface area contributed by atoms with Crippen molar-refractivity contribution in [3.63, 3.8) is 0 Å². The van der Waals surface area contributed by atoms with Gasteiger partial charge in [-0.2, -0.15) is 0 Å². The summed E-state index contributed by atoms with van der Waals surface area (Å²) in [5.41, 5.74) is 1.05. The predicted molar refractivity (Wildman–Crippen MR) is 69.4 cm³/mol. The van der Waals surface area contributed by atoms with Gasteiger partial charge in [0.25, 0.3) is 0 Å². The van der Waals surface area contributed by atoms with Gasteiger partial charge in [0.1, 0.15) is 5.75 Å².